The summed E-state index contributed by atoms with van der Waals surface area (Å²) in [5.41, 5.74) is 2.15. The fourth-order valence-corrected chi connectivity index (χ4v) is 2.70. The van der Waals surface area contributed by atoms with Gasteiger partial charge in [-0.2, -0.15) is 0 Å². The Bertz CT molecular complexity index is 661. The van der Waals surface area contributed by atoms with Gasteiger partial charge in [0.2, 0.25) is 0 Å². The Kier molecular flexibility index (Phi) is 7.22. The molecule has 24 heavy (non-hydrogen) atoms. The Morgan fingerprint density at radius 2 is 1.75 bits per heavy atom. The van der Waals surface area contributed by atoms with Gasteiger partial charge in [-0.1, -0.05) is 36.7 Å². The van der Waals surface area contributed by atoms with E-state index in [1.54, 1.807) is 14.2 Å². The van der Waals surface area contributed by atoms with E-state index in [2.05, 4.69) is 12.2 Å². The van der Waals surface area contributed by atoms with Gasteiger partial charge in [-0.05, 0) is 30.2 Å². The normalized spacial score (nSPS) is 10.5. The summed E-state index contributed by atoms with van der Waals surface area (Å²) in [4.78, 5) is 0. The second kappa shape index (κ2) is 9.40. The first-order valence-corrected chi connectivity index (χ1v) is 8.39. The Hall–Kier alpha value is -1.91. The number of rotatable bonds is 9. The van der Waals surface area contributed by atoms with Crippen molar-refractivity contribution in [2.24, 2.45) is 0 Å². The maximum atomic E-state index is 6.34. The van der Waals surface area contributed by atoms with Crippen LogP contribution in [0.2, 0.25) is 5.02 Å². The molecule has 0 fully saturated rings. The van der Waals surface area contributed by atoms with Gasteiger partial charge in [0.25, 0.3) is 0 Å². The van der Waals surface area contributed by atoms with E-state index in [0.717, 1.165) is 23.3 Å². The zero-order valence-electron chi connectivity index (χ0n) is 14.4. The van der Waals surface area contributed by atoms with E-state index < -0.39 is 0 Å². The lowest BCUT2D eigenvalue weighted by Gasteiger charge is -2.14. The molecule has 0 aliphatic rings. The van der Waals surface area contributed by atoms with E-state index in [9.17, 15) is 0 Å². The van der Waals surface area contributed by atoms with Gasteiger partial charge in [-0.3, -0.25) is 0 Å². The van der Waals surface area contributed by atoms with Crippen LogP contribution in [0.1, 0.15) is 24.5 Å². The van der Waals surface area contributed by atoms with Crippen LogP contribution >= 0.6 is 11.6 Å². The third kappa shape index (κ3) is 4.79. The topological polar surface area (TPSA) is 39.7 Å². The number of ether oxygens (including phenoxy) is 3. The molecule has 0 aliphatic heterocycles. The quantitative estimate of drug-likeness (QED) is 0.726. The third-order valence-electron chi connectivity index (χ3n) is 3.58. The minimum atomic E-state index is 0.567. The number of hydrogen-bond acceptors (Lipinski definition) is 4. The molecule has 2 aromatic rings. The van der Waals surface area contributed by atoms with Crippen molar-refractivity contribution < 1.29 is 14.2 Å². The molecule has 0 saturated heterocycles. The van der Waals surface area contributed by atoms with Crippen molar-refractivity contribution in [1.82, 2.24) is 5.32 Å². The Labute approximate surface area is 148 Å². The van der Waals surface area contributed by atoms with Crippen molar-refractivity contribution in [2.45, 2.75) is 26.4 Å². The van der Waals surface area contributed by atoms with Crippen LogP contribution in [0, 0.1) is 0 Å². The molecule has 5 heteroatoms. The molecule has 0 aliphatic carbocycles. The second-order valence-electron chi connectivity index (χ2n) is 5.37. The highest BCUT2D eigenvalue weighted by Gasteiger charge is 2.12. The van der Waals surface area contributed by atoms with Crippen molar-refractivity contribution in [3.05, 3.63) is 52.5 Å². The molecule has 0 saturated carbocycles. The van der Waals surface area contributed by atoms with E-state index in [4.69, 9.17) is 25.8 Å². The van der Waals surface area contributed by atoms with E-state index in [-0.39, 0.29) is 0 Å². The molecule has 0 radical (unpaired) electrons. The van der Waals surface area contributed by atoms with Crippen molar-refractivity contribution >= 4 is 11.6 Å². The van der Waals surface area contributed by atoms with E-state index in [0.29, 0.717) is 36.2 Å². The van der Waals surface area contributed by atoms with Crippen molar-refractivity contribution in [3.8, 4) is 17.2 Å². The van der Waals surface area contributed by atoms with E-state index in [1.807, 2.05) is 36.4 Å². The molecule has 2 aromatic carbocycles. The molecule has 2 rings (SSSR count). The molecule has 0 bridgehead atoms. The lowest BCUT2D eigenvalue weighted by Crippen LogP contribution is -2.13. The summed E-state index contributed by atoms with van der Waals surface area (Å²) in [7, 11) is 3.30. The number of hydrogen-bond donors (Lipinski definition) is 1. The number of halogens is 1. The monoisotopic (exact) mass is 349 g/mol. The van der Waals surface area contributed by atoms with Gasteiger partial charge in [-0.15, -0.1) is 0 Å². The highest BCUT2D eigenvalue weighted by atomic mass is 35.5. The van der Waals surface area contributed by atoms with Crippen LogP contribution in [0.4, 0.5) is 0 Å². The number of nitrogens with one attached hydrogen (secondary N) is 1. The van der Waals surface area contributed by atoms with Gasteiger partial charge in [0.05, 0.1) is 25.8 Å². The van der Waals surface area contributed by atoms with Gasteiger partial charge in [-0.25, -0.2) is 0 Å². The molecule has 4 nitrogen and oxygen atoms in total. The smallest absolute Gasteiger partial charge is 0.179 e. The van der Waals surface area contributed by atoms with Crippen molar-refractivity contribution in [1.29, 1.82) is 0 Å². The van der Waals surface area contributed by atoms with Crippen molar-refractivity contribution in [2.75, 3.05) is 20.8 Å². The minimum Gasteiger partial charge on any atom is -0.496 e. The summed E-state index contributed by atoms with van der Waals surface area (Å²) in [6.45, 7) is 4.04. The number of para-hydroxylation sites is 1. The third-order valence-corrected chi connectivity index (χ3v) is 3.86. The standard InChI is InChI=1S/C19H24ClNO3/c1-4-9-24-19-16(20)10-14(11-18(19)23-3)12-21-13-15-7-5-6-8-17(15)22-2/h5-8,10-11,21H,4,9,12-13H2,1-3H3. The Balaban J connectivity index is 2.03. The summed E-state index contributed by atoms with van der Waals surface area (Å²) in [6, 6.07) is 11.8. The largest absolute Gasteiger partial charge is 0.496 e. The van der Waals surface area contributed by atoms with Crippen molar-refractivity contribution in [3.63, 3.8) is 0 Å². The minimum absolute atomic E-state index is 0.567. The molecule has 0 unspecified atom stereocenters. The predicted molar refractivity (Wildman–Crippen MR) is 97.3 cm³/mol. The average molecular weight is 350 g/mol. The van der Waals surface area contributed by atoms with Crippen LogP contribution in [0.5, 0.6) is 17.2 Å². The Morgan fingerprint density at radius 1 is 1.00 bits per heavy atom. The first kappa shape index (κ1) is 18.4. The average Bonchev–Trinajstić information content (AvgIpc) is 2.60. The van der Waals surface area contributed by atoms with Crippen LogP contribution in [0.3, 0.4) is 0 Å². The van der Waals surface area contributed by atoms with Gasteiger partial charge in [0.15, 0.2) is 11.5 Å². The van der Waals surface area contributed by atoms with Gasteiger partial charge < -0.3 is 19.5 Å². The van der Waals surface area contributed by atoms with E-state index >= 15 is 0 Å². The zero-order valence-corrected chi connectivity index (χ0v) is 15.2. The fraction of sp³-hybridized carbons (Fsp3) is 0.368. The maximum absolute atomic E-state index is 6.34. The molecule has 0 heterocycles. The lowest BCUT2D eigenvalue weighted by atomic mass is 10.1. The Morgan fingerprint density at radius 3 is 2.46 bits per heavy atom. The molecule has 0 aromatic heterocycles. The zero-order chi connectivity index (χ0) is 17.4. The molecule has 1 N–H and O–H groups in total. The maximum Gasteiger partial charge on any atom is 0.179 e. The first-order valence-electron chi connectivity index (χ1n) is 8.01. The predicted octanol–water partition coefficient (Wildman–Crippen LogP) is 4.44. The van der Waals surface area contributed by atoms with Gasteiger partial charge >= 0.3 is 0 Å². The number of methoxy groups -OCH3 is 2. The van der Waals surface area contributed by atoms with Crippen LogP contribution in [0.15, 0.2) is 36.4 Å². The summed E-state index contributed by atoms with van der Waals surface area (Å²) in [6.07, 6.45) is 0.918. The molecule has 0 spiro atoms. The summed E-state index contributed by atoms with van der Waals surface area (Å²) in [5.74, 6) is 2.14. The van der Waals surface area contributed by atoms with Crippen LogP contribution in [-0.4, -0.2) is 20.8 Å². The van der Waals surface area contributed by atoms with Crippen LogP contribution in [-0.2, 0) is 13.1 Å². The molecule has 0 atom stereocenters. The summed E-state index contributed by atoms with van der Waals surface area (Å²) >= 11 is 6.34. The van der Waals surface area contributed by atoms with Gasteiger partial charge in [0, 0.05) is 18.7 Å². The molecule has 130 valence electrons. The van der Waals surface area contributed by atoms with E-state index in [1.165, 1.54) is 0 Å². The molecular formula is C19H24ClNO3. The summed E-state index contributed by atoms with van der Waals surface area (Å²) < 4.78 is 16.4. The second-order valence-corrected chi connectivity index (χ2v) is 5.78. The van der Waals surface area contributed by atoms with Crippen LogP contribution < -0.4 is 19.5 Å². The SMILES string of the molecule is CCCOc1c(Cl)cc(CNCc2ccccc2OC)cc1OC. The highest BCUT2D eigenvalue weighted by molar-refractivity contribution is 6.32. The van der Waals surface area contributed by atoms with Gasteiger partial charge in [0.1, 0.15) is 5.75 Å². The highest BCUT2D eigenvalue weighted by Crippen LogP contribution is 2.36. The molecule has 0 amide bonds. The fourth-order valence-electron chi connectivity index (χ4n) is 2.41. The molecular weight excluding hydrogens is 326 g/mol. The lowest BCUT2D eigenvalue weighted by molar-refractivity contribution is 0.294. The summed E-state index contributed by atoms with van der Waals surface area (Å²) in [5, 5.41) is 3.97. The van der Waals surface area contributed by atoms with Crippen LogP contribution in [0.25, 0.3) is 0 Å². The first-order chi connectivity index (χ1) is 11.7. The number of benzene rings is 2.